The molecule has 22 heavy (non-hydrogen) atoms. The fraction of sp³-hybridized carbons (Fsp3) is 0.316. The molecule has 3 nitrogen and oxygen atoms in total. The zero-order valence-corrected chi connectivity index (χ0v) is 13.4. The van der Waals surface area contributed by atoms with E-state index in [1.54, 1.807) is 6.07 Å². The fourth-order valence-electron chi connectivity index (χ4n) is 2.39. The van der Waals surface area contributed by atoms with E-state index in [2.05, 4.69) is 43.4 Å². The molecule has 0 saturated heterocycles. The van der Waals surface area contributed by atoms with E-state index in [-0.39, 0.29) is 11.9 Å². The third kappa shape index (κ3) is 3.88. The van der Waals surface area contributed by atoms with Gasteiger partial charge in [0.25, 0.3) is 5.91 Å². The summed E-state index contributed by atoms with van der Waals surface area (Å²) in [6, 6.07) is 15.6. The minimum absolute atomic E-state index is 0.00258. The molecule has 1 amide bonds. The first-order valence-corrected chi connectivity index (χ1v) is 7.75. The second-order valence-corrected chi connectivity index (χ2v) is 5.27. The predicted octanol–water partition coefficient (Wildman–Crippen LogP) is 4.27. The van der Waals surface area contributed by atoms with Crippen molar-refractivity contribution in [3.63, 3.8) is 0 Å². The summed E-state index contributed by atoms with van der Waals surface area (Å²) in [6.07, 6.45) is 0.839. The van der Waals surface area contributed by atoms with Gasteiger partial charge in [-0.2, -0.15) is 0 Å². The molecule has 0 aromatic heterocycles. The highest BCUT2D eigenvalue weighted by molar-refractivity contribution is 5.97. The van der Waals surface area contributed by atoms with Crippen LogP contribution in [0.4, 0.5) is 0 Å². The Hall–Kier alpha value is -2.29. The molecule has 0 aliphatic rings. The lowest BCUT2D eigenvalue weighted by atomic mass is 10.0. The number of amides is 1. The first kappa shape index (κ1) is 16.1. The van der Waals surface area contributed by atoms with Gasteiger partial charge in [0, 0.05) is 0 Å². The highest BCUT2D eigenvalue weighted by Crippen LogP contribution is 2.21. The molecular formula is C19H23NO2. The molecule has 0 saturated carbocycles. The van der Waals surface area contributed by atoms with Gasteiger partial charge in [0.2, 0.25) is 0 Å². The fourth-order valence-corrected chi connectivity index (χ4v) is 2.39. The monoisotopic (exact) mass is 297 g/mol. The molecule has 0 aliphatic carbocycles. The van der Waals surface area contributed by atoms with Crippen molar-refractivity contribution in [3.05, 3.63) is 65.2 Å². The number of nitrogens with one attached hydrogen (secondary N) is 1. The van der Waals surface area contributed by atoms with Gasteiger partial charge in [-0.15, -0.1) is 0 Å². The van der Waals surface area contributed by atoms with Crippen molar-refractivity contribution < 1.29 is 9.53 Å². The van der Waals surface area contributed by atoms with Gasteiger partial charge in [-0.05, 0) is 38.0 Å². The van der Waals surface area contributed by atoms with Crippen molar-refractivity contribution >= 4 is 5.91 Å². The molecular weight excluding hydrogens is 274 g/mol. The normalized spacial score (nSPS) is 11.8. The van der Waals surface area contributed by atoms with Crippen LogP contribution in [-0.4, -0.2) is 12.5 Å². The molecule has 2 aromatic rings. The van der Waals surface area contributed by atoms with Crippen molar-refractivity contribution in [2.24, 2.45) is 0 Å². The molecule has 2 aromatic carbocycles. The van der Waals surface area contributed by atoms with Crippen LogP contribution in [0.15, 0.2) is 48.5 Å². The minimum Gasteiger partial charge on any atom is -0.493 e. The van der Waals surface area contributed by atoms with Gasteiger partial charge in [0.15, 0.2) is 0 Å². The molecule has 2 rings (SSSR count). The average Bonchev–Trinajstić information content (AvgIpc) is 2.54. The number of benzene rings is 2. The molecule has 0 unspecified atom stereocenters. The standard InChI is InChI=1S/C19H23NO2/c1-4-17(15-12-10-14(3)11-13-15)20-19(21)16-8-6-7-9-18(16)22-5-2/h6-13,17H,4-5H2,1-3H3,(H,20,21)/t17-/m1/s1. The van der Waals surface area contributed by atoms with Crippen LogP contribution in [0, 0.1) is 6.92 Å². The van der Waals surface area contributed by atoms with E-state index in [1.165, 1.54) is 5.56 Å². The Morgan fingerprint density at radius 2 is 1.77 bits per heavy atom. The molecule has 0 bridgehead atoms. The van der Waals surface area contributed by atoms with E-state index in [9.17, 15) is 4.79 Å². The van der Waals surface area contributed by atoms with Crippen LogP contribution in [0.5, 0.6) is 5.75 Å². The summed E-state index contributed by atoms with van der Waals surface area (Å²) in [5, 5.41) is 3.10. The highest BCUT2D eigenvalue weighted by atomic mass is 16.5. The Morgan fingerprint density at radius 3 is 2.41 bits per heavy atom. The second-order valence-electron chi connectivity index (χ2n) is 5.27. The summed E-state index contributed by atoms with van der Waals surface area (Å²) >= 11 is 0. The van der Waals surface area contributed by atoms with Gasteiger partial charge in [0.1, 0.15) is 5.75 Å². The molecule has 3 heteroatoms. The number of rotatable bonds is 6. The molecule has 1 N–H and O–H groups in total. The van der Waals surface area contributed by atoms with Crippen molar-refractivity contribution in [2.45, 2.75) is 33.2 Å². The summed E-state index contributed by atoms with van der Waals surface area (Å²) in [4.78, 5) is 12.6. The second kappa shape index (κ2) is 7.64. The lowest BCUT2D eigenvalue weighted by molar-refractivity contribution is 0.0932. The largest absolute Gasteiger partial charge is 0.493 e. The molecule has 1 atom stereocenters. The van der Waals surface area contributed by atoms with Crippen LogP contribution in [0.25, 0.3) is 0 Å². The minimum atomic E-state index is -0.100. The summed E-state index contributed by atoms with van der Waals surface area (Å²) in [6.45, 7) is 6.58. The first-order valence-electron chi connectivity index (χ1n) is 7.75. The summed E-state index contributed by atoms with van der Waals surface area (Å²) in [5.41, 5.74) is 2.91. The van der Waals surface area contributed by atoms with Crippen molar-refractivity contribution in [3.8, 4) is 5.75 Å². The zero-order valence-electron chi connectivity index (χ0n) is 13.4. The van der Waals surface area contributed by atoms with E-state index in [1.807, 2.05) is 25.1 Å². The van der Waals surface area contributed by atoms with Gasteiger partial charge in [-0.3, -0.25) is 4.79 Å². The lowest BCUT2D eigenvalue weighted by Crippen LogP contribution is -2.28. The Kier molecular flexibility index (Phi) is 5.59. The van der Waals surface area contributed by atoms with Crippen LogP contribution in [0.1, 0.15) is 47.8 Å². The van der Waals surface area contributed by atoms with E-state index in [0.717, 1.165) is 12.0 Å². The summed E-state index contributed by atoms with van der Waals surface area (Å²) in [7, 11) is 0. The number of ether oxygens (including phenoxy) is 1. The van der Waals surface area contributed by atoms with Crippen LogP contribution < -0.4 is 10.1 Å². The van der Waals surface area contributed by atoms with E-state index in [4.69, 9.17) is 4.74 Å². The van der Waals surface area contributed by atoms with Gasteiger partial charge in [-0.25, -0.2) is 0 Å². The smallest absolute Gasteiger partial charge is 0.255 e. The maximum absolute atomic E-state index is 12.6. The molecule has 0 aliphatic heterocycles. The number of para-hydroxylation sites is 1. The molecule has 0 spiro atoms. The lowest BCUT2D eigenvalue weighted by Gasteiger charge is -2.19. The van der Waals surface area contributed by atoms with Crippen LogP contribution in [0.2, 0.25) is 0 Å². The number of hydrogen-bond donors (Lipinski definition) is 1. The summed E-state index contributed by atoms with van der Waals surface area (Å²) < 4.78 is 5.53. The third-order valence-corrected chi connectivity index (χ3v) is 3.62. The molecule has 0 radical (unpaired) electrons. The van der Waals surface area contributed by atoms with Crippen LogP contribution in [0.3, 0.4) is 0 Å². The van der Waals surface area contributed by atoms with Crippen molar-refractivity contribution in [2.75, 3.05) is 6.61 Å². The molecule has 0 heterocycles. The molecule has 0 fully saturated rings. The van der Waals surface area contributed by atoms with E-state index in [0.29, 0.717) is 17.9 Å². The zero-order chi connectivity index (χ0) is 15.9. The Morgan fingerprint density at radius 1 is 1.09 bits per heavy atom. The number of carbonyl (C=O) groups is 1. The van der Waals surface area contributed by atoms with E-state index >= 15 is 0 Å². The van der Waals surface area contributed by atoms with Gasteiger partial charge in [0.05, 0.1) is 18.2 Å². The van der Waals surface area contributed by atoms with Crippen molar-refractivity contribution in [1.29, 1.82) is 0 Å². The highest BCUT2D eigenvalue weighted by Gasteiger charge is 2.17. The van der Waals surface area contributed by atoms with E-state index < -0.39 is 0 Å². The predicted molar refractivity (Wildman–Crippen MR) is 89.3 cm³/mol. The SMILES string of the molecule is CCOc1ccccc1C(=O)N[C@H](CC)c1ccc(C)cc1. The van der Waals surface area contributed by atoms with Crippen LogP contribution in [-0.2, 0) is 0 Å². The van der Waals surface area contributed by atoms with Gasteiger partial charge >= 0.3 is 0 Å². The quantitative estimate of drug-likeness (QED) is 0.864. The number of aryl methyl sites for hydroxylation is 1. The Balaban J connectivity index is 2.17. The van der Waals surface area contributed by atoms with Gasteiger partial charge in [-0.1, -0.05) is 48.9 Å². The van der Waals surface area contributed by atoms with Gasteiger partial charge < -0.3 is 10.1 Å². The Bertz CT molecular complexity index is 620. The Labute approximate surface area is 132 Å². The first-order chi connectivity index (χ1) is 10.7. The average molecular weight is 297 g/mol. The number of hydrogen-bond acceptors (Lipinski definition) is 2. The topological polar surface area (TPSA) is 38.3 Å². The van der Waals surface area contributed by atoms with Crippen LogP contribution >= 0.6 is 0 Å². The third-order valence-electron chi connectivity index (χ3n) is 3.62. The number of carbonyl (C=O) groups excluding carboxylic acids is 1. The maximum Gasteiger partial charge on any atom is 0.255 e. The maximum atomic E-state index is 12.6. The molecule has 116 valence electrons. The summed E-state index contributed by atoms with van der Waals surface area (Å²) in [5.74, 6) is 0.526. The van der Waals surface area contributed by atoms with Crippen molar-refractivity contribution in [1.82, 2.24) is 5.32 Å².